The topological polar surface area (TPSA) is 46.6 Å². The van der Waals surface area contributed by atoms with Crippen LogP contribution in [-0.4, -0.2) is 11.8 Å². The van der Waals surface area contributed by atoms with Gasteiger partial charge in [0.1, 0.15) is 11.5 Å². The van der Waals surface area contributed by atoms with Gasteiger partial charge in [0.2, 0.25) is 11.8 Å². The number of ether oxygens (including phenoxy) is 1. The fraction of sp³-hybridized carbons (Fsp3) is 0.360. The molecule has 2 aromatic carbocycles. The largest absolute Gasteiger partial charge is 0.457 e. The molecule has 5 aliphatic rings. The van der Waals surface area contributed by atoms with E-state index < -0.39 is 0 Å². The molecular weight excluding hydrogens is 362 g/mol. The molecule has 0 unspecified atom stereocenters. The molecule has 4 nitrogen and oxygen atoms in total. The number of allylic oxidation sites excluding steroid dienone is 2. The van der Waals surface area contributed by atoms with E-state index in [1.165, 1.54) is 11.3 Å². The molecule has 2 amide bonds. The molecule has 2 saturated carbocycles. The summed E-state index contributed by atoms with van der Waals surface area (Å²) < 4.78 is 5.97. The predicted molar refractivity (Wildman–Crippen MR) is 110 cm³/mol. The maximum Gasteiger partial charge on any atom is 0.238 e. The minimum absolute atomic E-state index is 0.0207. The van der Waals surface area contributed by atoms with Crippen molar-refractivity contribution in [3.63, 3.8) is 0 Å². The Morgan fingerprint density at radius 2 is 1.34 bits per heavy atom. The number of aryl methyl sites for hydroxylation is 2. The molecule has 4 aliphatic carbocycles. The summed E-state index contributed by atoms with van der Waals surface area (Å²) in [5.41, 5.74) is 2.94. The van der Waals surface area contributed by atoms with Gasteiger partial charge in [-0.15, -0.1) is 0 Å². The summed E-state index contributed by atoms with van der Waals surface area (Å²) in [6, 6.07) is 13.4. The lowest BCUT2D eigenvalue weighted by Crippen LogP contribution is -2.40. The van der Waals surface area contributed by atoms with Crippen LogP contribution in [0, 0.1) is 49.4 Å². The first-order valence-electron chi connectivity index (χ1n) is 10.4. The van der Waals surface area contributed by atoms with E-state index in [9.17, 15) is 9.59 Å². The first kappa shape index (κ1) is 17.0. The van der Waals surface area contributed by atoms with Crippen molar-refractivity contribution in [2.24, 2.45) is 35.5 Å². The highest BCUT2D eigenvalue weighted by molar-refractivity contribution is 6.22. The van der Waals surface area contributed by atoms with Crippen molar-refractivity contribution in [1.82, 2.24) is 0 Å². The molecule has 1 heterocycles. The van der Waals surface area contributed by atoms with Crippen LogP contribution in [-0.2, 0) is 9.59 Å². The van der Waals surface area contributed by atoms with Crippen LogP contribution in [0.25, 0.3) is 0 Å². The third kappa shape index (κ3) is 2.44. The molecular formula is C25H23NO3. The fourth-order valence-corrected chi connectivity index (χ4v) is 6.00. The summed E-state index contributed by atoms with van der Waals surface area (Å²) in [5.74, 6) is 2.87. The summed E-state index contributed by atoms with van der Waals surface area (Å²) >= 11 is 0. The number of amides is 2. The Balaban J connectivity index is 1.26. The quantitative estimate of drug-likeness (QED) is 0.571. The Bertz CT molecular complexity index is 1010. The lowest BCUT2D eigenvalue weighted by atomic mass is 9.63. The van der Waals surface area contributed by atoms with Gasteiger partial charge in [-0.25, -0.2) is 0 Å². The van der Waals surface area contributed by atoms with Crippen LogP contribution in [0.2, 0.25) is 0 Å². The standard InChI is InChI=1S/C25H23NO3/c1-13-9-14(2)11-17(10-13)29-16-5-3-15(4-6-16)26-24(27)22-18-7-8-19(21-12-20(18)21)23(22)25(26)28/h3-11,18-23H,12H2,1-2H3/t18-,19-,20-,21-,22-,23+/m1/s1. The van der Waals surface area contributed by atoms with Crippen molar-refractivity contribution >= 4 is 17.5 Å². The van der Waals surface area contributed by atoms with E-state index in [1.807, 2.05) is 50.2 Å². The lowest BCUT2D eigenvalue weighted by Gasteiger charge is -2.37. The first-order chi connectivity index (χ1) is 14.0. The predicted octanol–water partition coefficient (Wildman–Crippen LogP) is 4.65. The number of carbonyl (C=O) groups is 2. The van der Waals surface area contributed by atoms with Crippen molar-refractivity contribution in [2.45, 2.75) is 20.3 Å². The van der Waals surface area contributed by atoms with E-state index in [1.54, 1.807) is 0 Å². The molecule has 1 aliphatic heterocycles. The summed E-state index contributed by atoms with van der Waals surface area (Å²) in [4.78, 5) is 27.8. The molecule has 6 atom stereocenters. The SMILES string of the molecule is Cc1cc(C)cc(Oc2ccc(N3C(=O)[C@@H]4[C@@H]5C=C[C@H]([C@H]6C[C@H]56)[C@@H]4C3=O)cc2)c1. The zero-order valence-corrected chi connectivity index (χ0v) is 16.5. The second kappa shape index (κ2) is 5.82. The van der Waals surface area contributed by atoms with Crippen molar-refractivity contribution in [3.8, 4) is 11.5 Å². The summed E-state index contributed by atoms with van der Waals surface area (Å²) in [7, 11) is 0. The number of hydrogen-bond acceptors (Lipinski definition) is 3. The van der Waals surface area contributed by atoms with Gasteiger partial charge in [0, 0.05) is 0 Å². The Hall–Kier alpha value is -2.88. The Labute approximate surface area is 170 Å². The van der Waals surface area contributed by atoms with E-state index in [0.29, 0.717) is 23.3 Å². The number of anilines is 1. The van der Waals surface area contributed by atoms with Gasteiger partial charge in [-0.05, 0) is 91.5 Å². The van der Waals surface area contributed by atoms with Gasteiger partial charge in [0.25, 0.3) is 0 Å². The summed E-state index contributed by atoms with van der Waals surface area (Å²) in [6.07, 6.45) is 5.59. The number of nitrogens with zero attached hydrogens (tertiary/aromatic N) is 1. The third-order valence-corrected chi connectivity index (χ3v) is 7.19. The van der Waals surface area contributed by atoms with Gasteiger partial charge < -0.3 is 4.74 Å². The number of rotatable bonds is 3. The molecule has 146 valence electrons. The maximum atomic E-state index is 13.2. The van der Waals surface area contributed by atoms with E-state index >= 15 is 0 Å². The average molecular weight is 385 g/mol. The van der Waals surface area contributed by atoms with Gasteiger partial charge in [-0.3, -0.25) is 14.5 Å². The molecule has 3 fully saturated rings. The number of imide groups is 1. The van der Waals surface area contributed by atoms with Gasteiger partial charge in [0.15, 0.2) is 0 Å². The van der Waals surface area contributed by atoms with E-state index in [-0.39, 0.29) is 35.5 Å². The molecule has 7 rings (SSSR count). The Morgan fingerprint density at radius 3 is 1.90 bits per heavy atom. The number of benzene rings is 2. The monoisotopic (exact) mass is 385 g/mol. The molecule has 0 aromatic heterocycles. The Kier molecular flexibility index (Phi) is 3.41. The minimum Gasteiger partial charge on any atom is -0.457 e. The molecule has 0 radical (unpaired) electrons. The Morgan fingerprint density at radius 1 is 0.793 bits per heavy atom. The molecule has 0 spiro atoms. The molecule has 0 N–H and O–H groups in total. The molecule has 29 heavy (non-hydrogen) atoms. The highest BCUT2D eigenvalue weighted by atomic mass is 16.5. The van der Waals surface area contributed by atoms with E-state index in [2.05, 4.69) is 18.2 Å². The van der Waals surface area contributed by atoms with Crippen LogP contribution in [0.1, 0.15) is 17.5 Å². The fourth-order valence-electron chi connectivity index (χ4n) is 6.00. The molecule has 2 bridgehead atoms. The zero-order chi connectivity index (χ0) is 19.9. The van der Waals surface area contributed by atoms with Crippen LogP contribution >= 0.6 is 0 Å². The molecule has 4 heteroatoms. The molecule has 2 aromatic rings. The van der Waals surface area contributed by atoms with Crippen LogP contribution in [0.5, 0.6) is 11.5 Å². The summed E-state index contributed by atoms with van der Waals surface area (Å²) in [6.45, 7) is 4.08. The number of carbonyl (C=O) groups excluding carboxylic acids is 2. The van der Waals surface area contributed by atoms with Crippen molar-refractivity contribution < 1.29 is 14.3 Å². The summed E-state index contributed by atoms with van der Waals surface area (Å²) in [5, 5.41) is 0. The van der Waals surface area contributed by atoms with Gasteiger partial charge in [0.05, 0.1) is 17.5 Å². The van der Waals surface area contributed by atoms with Crippen LogP contribution in [0.15, 0.2) is 54.6 Å². The van der Waals surface area contributed by atoms with Crippen molar-refractivity contribution in [1.29, 1.82) is 0 Å². The second-order valence-electron chi connectivity index (χ2n) is 9.09. The average Bonchev–Trinajstić information content (AvgIpc) is 3.46. The van der Waals surface area contributed by atoms with Crippen LogP contribution in [0.4, 0.5) is 5.69 Å². The molecule has 1 saturated heterocycles. The van der Waals surface area contributed by atoms with Crippen LogP contribution in [0.3, 0.4) is 0 Å². The van der Waals surface area contributed by atoms with Gasteiger partial charge in [-0.1, -0.05) is 18.2 Å². The van der Waals surface area contributed by atoms with Gasteiger partial charge >= 0.3 is 0 Å². The minimum atomic E-state index is -0.160. The van der Waals surface area contributed by atoms with E-state index in [4.69, 9.17) is 4.74 Å². The highest BCUT2D eigenvalue weighted by Crippen LogP contribution is 2.65. The highest BCUT2D eigenvalue weighted by Gasteiger charge is 2.67. The van der Waals surface area contributed by atoms with Crippen LogP contribution < -0.4 is 9.64 Å². The third-order valence-electron chi connectivity index (χ3n) is 7.19. The van der Waals surface area contributed by atoms with Crippen molar-refractivity contribution in [3.05, 3.63) is 65.7 Å². The zero-order valence-electron chi connectivity index (χ0n) is 16.5. The van der Waals surface area contributed by atoms with E-state index in [0.717, 1.165) is 16.9 Å². The van der Waals surface area contributed by atoms with Crippen molar-refractivity contribution in [2.75, 3.05) is 4.90 Å². The first-order valence-corrected chi connectivity index (χ1v) is 10.4. The van der Waals surface area contributed by atoms with Gasteiger partial charge in [-0.2, -0.15) is 0 Å². The maximum absolute atomic E-state index is 13.2. The normalized spacial score (nSPS) is 33.7. The number of hydrogen-bond donors (Lipinski definition) is 0. The lowest BCUT2D eigenvalue weighted by molar-refractivity contribution is -0.124. The second-order valence-corrected chi connectivity index (χ2v) is 9.09. The smallest absolute Gasteiger partial charge is 0.238 e.